The van der Waals surface area contributed by atoms with Crippen molar-refractivity contribution in [2.75, 3.05) is 26.7 Å². The van der Waals surface area contributed by atoms with Gasteiger partial charge < -0.3 is 85.8 Å². The van der Waals surface area contributed by atoms with Crippen molar-refractivity contribution in [2.24, 2.45) is 53.3 Å². The fourth-order valence-electron chi connectivity index (χ4n) is 13.1. The maximum Gasteiger partial charge on any atom is 0.262 e. The molecule has 0 aliphatic rings. The van der Waals surface area contributed by atoms with Crippen molar-refractivity contribution in [1.82, 2.24) is 90.0 Å². The molecule has 41 heteroatoms. The lowest BCUT2D eigenvalue weighted by Crippen LogP contribution is -2.66. The fourth-order valence-corrected chi connectivity index (χ4v) is 13.1. The first-order valence-electron chi connectivity index (χ1n) is 44.3. The van der Waals surface area contributed by atoms with Crippen molar-refractivity contribution in [3.05, 3.63) is 25.3 Å². The van der Waals surface area contributed by atoms with Crippen molar-refractivity contribution < 1.29 is 115 Å². The number of ketones is 7. The van der Waals surface area contributed by atoms with E-state index in [4.69, 9.17) is 0 Å². The van der Waals surface area contributed by atoms with Gasteiger partial charge in [0.1, 0.15) is 74.6 Å². The molecular weight excluding hydrogens is 1690 g/mol. The summed E-state index contributed by atoms with van der Waals surface area (Å²) in [6, 6.07) is -16.0. The van der Waals surface area contributed by atoms with Crippen LogP contribution in [0.5, 0.6) is 0 Å². The Morgan fingerprint density at radius 2 is 0.708 bits per heavy atom. The van der Waals surface area contributed by atoms with Gasteiger partial charge in [0.05, 0.1) is 85.6 Å². The summed E-state index contributed by atoms with van der Waals surface area (Å²) in [4.78, 5) is 325. The number of nitrogens with zero attached hydrogens (tertiary/aromatic N) is 1. The number of Topliss-reactive ketones (excluding diaryl/α,β-unsaturated/α-hetero) is 7. The lowest BCUT2D eigenvalue weighted by Gasteiger charge is -2.35. The second-order valence-corrected chi connectivity index (χ2v) is 34.1. The maximum atomic E-state index is 15.2. The van der Waals surface area contributed by atoms with Gasteiger partial charge in [-0.2, -0.15) is 0 Å². The van der Waals surface area contributed by atoms with E-state index < -0.39 is 284 Å². The first-order chi connectivity index (χ1) is 61.2. The molecule has 0 aromatic carbocycles. The highest BCUT2D eigenvalue weighted by Crippen LogP contribution is 2.19. The van der Waals surface area contributed by atoms with Crippen molar-refractivity contribution in [1.29, 1.82) is 0 Å². The average molecular weight is 1840 g/mol. The second-order valence-electron chi connectivity index (χ2n) is 34.1. The number of carbonyl (C=O) groups excluding carboxylic acids is 24. The van der Waals surface area contributed by atoms with E-state index >= 15 is 9.59 Å². The zero-order valence-corrected chi connectivity index (χ0v) is 78.8. The van der Waals surface area contributed by atoms with Crippen LogP contribution in [0, 0.1) is 53.3 Å². The van der Waals surface area contributed by atoms with Crippen LogP contribution in [0.2, 0.25) is 0 Å². The Hall–Kier alpha value is -10.6. The molecule has 0 bridgehead atoms. The van der Waals surface area contributed by atoms with Crippen LogP contribution in [0.4, 0.5) is 0 Å². The van der Waals surface area contributed by atoms with Crippen LogP contribution in [0.15, 0.2) is 25.3 Å². The highest BCUT2D eigenvalue weighted by molar-refractivity contribution is 6.02. The van der Waals surface area contributed by atoms with E-state index in [1.165, 1.54) is 74.6 Å². The molecule has 0 saturated carbocycles. The Bertz CT molecular complexity index is 3850. The molecule has 24 atom stereocenters. The zero-order chi connectivity index (χ0) is 99.5. The number of hydrogen-bond donors (Lipinski definition) is 16. The first kappa shape index (κ1) is 119. The van der Waals surface area contributed by atoms with Crippen molar-refractivity contribution in [2.45, 2.75) is 311 Å². The van der Waals surface area contributed by atoms with Gasteiger partial charge in [-0.1, -0.05) is 128 Å². The maximum absolute atomic E-state index is 15.2. The Labute approximate surface area is 762 Å². The normalized spacial score (nSPS) is 16.9. The zero-order valence-electron chi connectivity index (χ0n) is 78.8. The highest BCUT2D eigenvalue weighted by Gasteiger charge is 2.42. The molecule has 0 aliphatic carbocycles. The van der Waals surface area contributed by atoms with Crippen molar-refractivity contribution in [3.8, 4) is 0 Å². The van der Waals surface area contributed by atoms with Crippen LogP contribution >= 0.6 is 0 Å². The van der Waals surface area contributed by atoms with Crippen LogP contribution in [-0.4, -0.2) is 279 Å². The number of nitrogens with one attached hydrogen (secondary N) is 16. The van der Waals surface area contributed by atoms with E-state index in [-0.39, 0.29) is 49.7 Å². The number of allylic oxidation sites excluding steroid dienone is 1. The summed E-state index contributed by atoms with van der Waals surface area (Å²) in [5, 5.41) is 41.8. The van der Waals surface area contributed by atoms with Gasteiger partial charge in [0.25, 0.3) is 11.8 Å². The predicted octanol–water partition coefficient (Wildman–Crippen LogP) is -1.93. The number of rotatable bonds is 75. The van der Waals surface area contributed by atoms with E-state index in [1.807, 2.05) is 0 Å². The molecule has 0 rings (SSSR count). The van der Waals surface area contributed by atoms with E-state index in [1.54, 1.807) is 69.2 Å². The summed E-state index contributed by atoms with van der Waals surface area (Å²) in [5.41, 5.74) is 0. The highest BCUT2D eigenvalue weighted by atomic mass is 16.2. The minimum Gasteiger partial charge on any atom is -0.359 e. The summed E-state index contributed by atoms with van der Waals surface area (Å²) in [6.07, 6.45) is -5.98. The monoisotopic (exact) mass is 1840 g/mol. The molecule has 0 aliphatic heterocycles. The van der Waals surface area contributed by atoms with Crippen LogP contribution in [0.25, 0.3) is 0 Å². The number of hydrogen-bond acceptors (Lipinski definition) is 32. The molecule has 0 saturated heterocycles. The van der Waals surface area contributed by atoms with Gasteiger partial charge in [-0.05, 0) is 70.1 Å². The largest absolute Gasteiger partial charge is 0.359 e. The summed E-state index contributed by atoms with van der Waals surface area (Å²) in [7, 11) is 1.40. The van der Waals surface area contributed by atoms with Crippen LogP contribution in [-0.2, 0) is 115 Å². The van der Waals surface area contributed by atoms with E-state index in [2.05, 4.69) is 98.2 Å². The van der Waals surface area contributed by atoms with Crippen LogP contribution < -0.4 is 85.1 Å². The minimum atomic E-state index is -2.01. The average Bonchev–Trinajstić information content (AvgIpc) is 0.830. The summed E-state index contributed by atoms with van der Waals surface area (Å²) in [5.74, 6) is -20.5. The fraction of sp³-hybridized carbons (Fsp3) is 0.685. The molecular formula is C89H145N17O24. The van der Waals surface area contributed by atoms with Gasteiger partial charge in [-0.3, -0.25) is 119 Å². The number of carbonyl (C=O) groups is 24. The molecule has 0 heterocycles. The third-order valence-corrected chi connectivity index (χ3v) is 22.3. The SMILES string of the molecule is C=CCCC(=O)C[C@@H](C)C(=O)N[C@@H](N[C@H](C=O)C(C)C)C(=O)N(CC=C)[C@@H](NCC=O)C(=O)N[C@@H](C)C(=O)C[C@@H](C)C(=O)N[C@@H](N[C@H](C=O)CC(C)C)C(=O)C[C@@H](N[C@@H](C)C=O)C(=O)N[C@@H](N[C@H](C=O)[C@@H](C)CC)C(=O)C[C@@H](N[C@H](C=O)[C@@H](C)CC)C(=O)N[C@@H](NCC=O)C(=O)C[C@@H](C)C(=O)N[C@@H](C)C(=O)C[C@@H](N[C@H](C=O)[C@@H](C)CC)C(=O)N[C@@H](C)C(=O)C[C@@H](C)C(=O)NC. The van der Waals surface area contributed by atoms with Gasteiger partial charge in [0.2, 0.25) is 41.4 Å². The minimum absolute atomic E-state index is 0.0598. The molecule has 0 spiro atoms. The molecule has 0 radical (unpaired) electrons. The Balaban J connectivity index is 7.67. The third-order valence-electron chi connectivity index (χ3n) is 22.3. The smallest absolute Gasteiger partial charge is 0.262 e. The quantitative estimate of drug-likeness (QED) is 0.0179. The topological polar surface area (TPSA) is 605 Å². The molecule has 0 aromatic heterocycles. The molecule has 130 heavy (non-hydrogen) atoms. The van der Waals surface area contributed by atoms with Gasteiger partial charge in [-0.25, -0.2) is 0 Å². The van der Waals surface area contributed by atoms with Gasteiger partial charge in [0.15, 0.2) is 47.0 Å². The van der Waals surface area contributed by atoms with Crippen molar-refractivity contribution >= 4 is 144 Å². The third kappa shape index (κ3) is 43.0. The van der Waals surface area contributed by atoms with Gasteiger partial charge in [0, 0.05) is 88.6 Å². The predicted molar refractivity (Wildman–Crippen MR) is 480 cm³/mol. The second kappa shape index (κ2) is 63.5. The number of amides is 9. The molecule has 9 amide bonds. The molecule has 41 nitrogen and oxygen atoms in total. The van der Waals surface area contributed by atoms with Crippen LogP contribution in [0.3, 0.4) is 0 Å². The standard InChI is InChI=1S/C89H145N17O24/c1-22-27-28-62(115)35-53(13)83(124)105-79(100-66(44-111)49(8)9)89(130)106(31-23-2)80(92-30-33-108)88(129)96-59(19)71(117)37-55(15)84(125)103-77(97-61(43-110)34-48(6)7)74(120)40-63(93-57(17)42-109)86(127)104-78(101-69(47-114)52(12)26-5)75(121)41-65(99-68(46-113)51(11)25-4)87(128)102-76(91-29-32-107)73(119)38-56(16)82(123)94-60(20)72(118)39-64(98-67(45-112)50(10)24-3)85(126)95-58(18)70(116)36-54(14)81(122)90-21/h22-23,32-33,42-61,63-69,76-80,91-93,97-101H,1-2,24-31,34-41H2,3-21H3,(H,90,122)(H,94,123)(H,95,126)(H,96,129)(H,102,128)(H,103,125)(H,104,127)(H,105,124)/t50-,51-,52-,53+,54+,55+,56+,57-,58-,59-,60-,61-,63+,64+,65+,66+,67+,68+,69+,76+,77+,78+,79+,80+/m0/s1. The number of aldehydes is 8. The Kier molecular flexibility index (Phi) is 58.3. The van der Waals surface area contributed by atoms with E-state index in [9.17, 15) is 105 Å². The first-order valence-corrected chi connectivity index (χ1v) is 44.3. The van der Waals surface area contributed by atoms with Gasteiger partial charge in [-0.15, -0.1) is 13.2 Å². The molecule has 0 aromatic rings. The molecule has 0 fully saturated rings. The summed E-state index contributed by atoms with van der Waals surface area (Å²) < 4.78 is 0. The van der Waals surface area contributed by atoms with E-state index in [0.717, 1.165) is 4.90 Å². The summed E-state index contributed by atoms with van der Waals surface area (Å²) in [6.45, 7) is 33.4. The van der Waals surface area contributed by atoms with E-state index in [0.29, 0.717) is 69.6 Å². The lowest BCUT2D eigenvalue weighted by molar-refractivity contribution is -0.146. The molecule has 16 N–H and O–H groups in total. The molecule has 730 valence electrons. The van der Waals surface area contributed by atoms with Crippen LogP contribution in [0.1, 0.15) is 208 Å². The lowest BCUT2D eigenvalue weighted by atomic mass is 9.96. The Morgan fingerprint density at radius 3 is 1.13 bits per heavy atom. The Morgan fingerprint density at radius 1 is 0.346 bits per heavy atom. The molecule has 0 unspecified atom stereocenters. The van der Waals surface area contributed by atoms with Crippen molar-refractivity contribution in [3.63, 3.8) is 0 Å². The summed E-state index contributed by atoms with van der Waals surface area (Å²) >= 11 is 0. The van der Waals surface area contributed by atoms with Gasteiger partial charge >= 0.3 is 0 Å².